The molecule has 2 rings (SSSR count). The standard InChI is InChI=1S/C10H15N3/c1-3-13-8-10(4-11-13)7-12-5-9(2)6-12/h3-4,8-9H,1,5-7H2,2H3. The molecule has 1 fully saturated rings. The van der Waals surface area contributed by atoms with Gasteiger partial charge in [-0.3, -0.25) is 4.90 Å². The minimum atomic E-state index is 0.870. The summed E-state index contributed by atoms with van der Waals surface area (Å²) in [4.78, 5) is 2.43. The molecule has 13 heavy (non-hydrogen) atoms. The summed E-state index contributed by atoms with van der Waals surface area (Å²) in [6, 6.07) is 0. The maximum absolute atomic E-state index is 4.14. The Morgan fingerprint density at radius 3 is 3.00 bits per heavy atom. The molecule has 1 aliphatic heterocycles. The zero-order valence-electron chi connectivity index (χ0n) is 7.98. The van der Waals surface area contributed by atoms with Crippen molar-refractivity contribution in [1.82, 2.24) is 14.7 Å². The maximum atomic E-state index is 4.14. The molecule has 1 aromatic heterocycles. The Morgan fingerprint density at radius 1 is 1.69 bits per heavy atom. The Bertz CT molecular complexity index is 297. The first-order valence-electron chi connectivity index (χ1n) is 4.66. The summed E-state index contributed by atoms with van der Waals surface area (Å²) >= 11 is 0. The van der Waals surface area contributed by atoms with Crippen LogP contribution < -0.4 is 0 Å². The molecule has 70 valence electrons. The van der Waals surface area contributed by atoms with E-state index in [9.17, 15) is 0 Å². The third-order valence-electron chi connectivity index (χ3n) is 2.39. The topological polar surface area (TPSA) is 21.1 Å². The van der Waals surface area contributed by atoms with E-state index >= 15 is 0 Å². The van der Waals surface area contributed by atoms with Crippen LogP contribution in [0.15, 0.2) is 19.0 Å². The van der Waals surface area contributed by atoms with E-state index in [1.807, 2.05) is 12.4 Å². The molecule has 0 aromatic carbocycles. The fraction of sp³-hybridized carbons (Fsp3) is 0.500. The van der Waals surface area contributed by atoms with Gasteiger partial charge >= 0.3 is 0 Å². The fourth-order valence-corrected chi connectivity index (χ4v) is 1.77. The largest absolute Gasteiger partial charge is 0.298 e. The highest BCUT2D eigenvalue weighted by Gasteiger charge is 2.22. The van der Waals surface area contributed by atoms with Crippen LogP contribution in [0.25, 0.3) is 6.20 Å². The second-order valence-corrected chi connectivity index (χ2v) is 3.81. The van der Waals surface area contributed by atoms with E-state index in [-0.39, 0.29) is 0 Å². The second kappa shape index (κ2) is 3.34. The molecule has 0 unspecified atom stereocenters. The van der Waals surface area contributed by atoms with Crippen LogP contribution in [0.4, 0.5) is 0 Å². The minimum absolute atomic E-state index is 0.870. The highest BCUT2D eigenvalue weighted by Crippen LogP contribution is 2.17. The number of nitrogens with zero attached hydrogens (tertiary/aromatic N) is 3. The van der Waals surface area contributed by atoms with Crippen molar-refractivity contribution >= 4 is 6.20 Å². The van der Waals surface area contributed by atoms with Gasteiger partial charge in [-0.1, -0.05) is 13.5 Å². The Hall–Kier alpha value is -1.09. The summed E-state index contributed by atoms with van der Waals surface area (Å²) in [5.41, 5.74) is 1.27. The average molecular weight is 177 g/mol. The van der Waals surface area contributed by atoms with Crippen molar-refractivity contribution < 1.29 is 0 Å². The summed E-state index contributed by atoms with van der Waals surface area (Å²) in [5, 5.41) is 4.14. The van der Waals surface area contributed by atoms with Crippen LogP contribution in [-0.4, -0.2) is 27.8 Å². The Kier molecular flexibility index (Phi) is 2.19. The molecule has 0 saturated carbocycles. The monoisotopic (exact) mass is 177 g/mol. The Balaban J connectivity index is 1.91. The number of hydrogen-bond acceptors (Lipinski definition) is 2. The SMILES string of the molecule is C=Cn1cc(CN2CC(C)C2)cn1. The van der Waals surface area contributed by atoms with Crippen molar-refractivity contribution in [2.45, 2.75) is 13.5 Å². The van der Waals surface area contributed by atoms with Gasteiger partial charge in [-0.25, -0.2) is 4.68 Å². The molecular weight excluding hydrogens is 162 g/mol. The van der Waals surface area contributed by atoms with Crippen LogP contribution in [0.2, 0.25) is 0 Å². The fourth-order valence-electron chi connectivity index (χ4n) is 1.77. The summed E-state index contributed by atoms with van der Waals surface area (Å²) < 4.78 is 1.75. The normalized spacial score (nSPS) is 18.5. The molecule has 0 bridgehead atoms. The first-order valence-corrected chi connectivity index (χ1v) is 4.66. The number of hydrogen-bond donors (Lipinski definition) is 0. The lowest BCUT2D eigenvalue weighted by Crippen LogP contribution is -2.44. The quantitative estimate of drug-likeness (QED) is 0.696. The Labute approximate surface area is 78.7 Å². The third kappa shape index (κ3) is 1.80. The predicted molar refractivity (Wildman–Crippen MR) is 53.1 cm³/mol. The van der Waals surface area contributed by atoms with E-state index in [2.05, 4.69) is 23.5 Å². The minimum Gasteiger partial charge on any atom is -0.298 e. The summed E-state index contributed by atoms with van der Waals surface area (Å²) in [6.45, 7) is 9.41. The van der Waals surface area contributed by atoms with Gasteiger partial charge < -0.3 is 0 Å². The molecule has 0 N–H and O–H groups in total. The highest BCUT2D eigenvalue weighted by molar-refractivity contribution is 5.17. The van der Waals surface area contributed by atoms with Gasteiger partial charge in [0.2, 0.25) is 0 Å². The lowest BCUT2D eigenvalue weighted by molar-refractivity contribution is 0.105. The zero-order chi connectivity index (χ0) is 9.26. The van der Waals surface area contributed by atoms with E-state index in [4.69, 9.17) is 0 Å². The molecule has 0 spiro atoms. The van der Waals surface area contributed by atoms with Crippen molar-refractivity contribution in [2.24, 2.45) is 5.92 Å². The van der Waals surface area contributed by atoms with E-state index in [1.54, 1.807) is 10.9 Å². The third-order valence-corrected chi connectivity index (χ3v) is 2.39. The van der Waals surface area contributed by atoms with Gasteiger partial charge in [-0.2, -0.15) is 5.10 Å². The van der Waals surface area contributed by atoms with Crippen LogP contribution in [0.5, 0.6) is 0 Å². The molecule has 1 aromatic rings. The van der Waals surface area contributed by atoms with E-state index in [0.29, 0.717) is 0 Å². The maximum Gasteiger partial charge on any atom is 0.0539 e. The summed E-state index contributed by atoms with van der Waals surface area (Å²) in [7, 11) is 0. The van der Waals surface area contributed by atoms with Gasteiger partial charge in [0.05, 0.1) is 6.20 Å². The van der Waals surface area contributed by atoms with Crippen LogP contribution in [0.3, 0.4) is 0 Å². The van der Waals surface area contributed by atoms with Gasteiger partial charge in [-0.05, 0) is 5.92 Å². The molecule has 3 heteroatoms. The van der Waals surface area contributed by atoms with E-state index < -0.39 is 0 Å². The Morgan fingerprint density at radius 2 is 2.46 bits per heavy atom. The molecule has 1 aliphatic rings. The molecule has 0 amide bonds. The lowest BCUT2D eigenvalue weighted by Gasteiger charge is -2.36. The van der Waals surface area contributed by atoms with Gasteiger partial charge in [0.15, 0.2) is 0 Å². The van der Waals surface area contributed by atoms with Crippen molar-refractivity contribution in [3.05, 3.63) is 24.5 Å². The molecule has 3 nitrogen and oxygen atoms in total. The number of likely N-dealkylation sites (tertiary alicyclic amines) is 1. The smallest absolute Gasteiger partial charge is 0.0539 e. The zero-order valence-corrected chi connectivity index (χ0v) is 7.98. The van der Waals surface area contributed by atoms with Crippen molar-refractivity contribution in [2.75, 3.05) is 13.1 Å². The van der Waals surface area contributed by atoms with E-state index in [0.717, 1.165) is 12.5 Å². The first-order chi connectivity index (χ1) is 6.28. The average Bonchev–Trinajstić information content (AvgIpc) is 2.50. The van der Waals surface area contributed by atoms with Gasteiger partial charge in [-0.15, -0.1) is 0 Å². The van der Waals surface area contributed by atoms with E-state index in [1.165, 1.54) is 18.7 Å². The summed E-state index contributed by atoms with van der Waals surface area (Å²) in [5.74, 6) is 0.870. The molecule has 0 radical (unpaired) electrons. The van der Waals surface area contributed by atoms with Crippen LogP contribution in [0, 0.1) is 5.92 Å². The highest BCUT2D eigenvalue weighted by atomic mass is 15.3. The van der Waals surface area contributed by atoms with Crippen molar-refractivity contribution in [1.29, 1.82) is 0 Å². The van der Waals surface area contributed by atoms with Crippen molar-refractivity contribution in [3.63, 3.8) is 0 Å². The molecule has 0 aliphatic carbocycles. The van der Waals surface area contributed by atoms with Crippen LogP contribution in [0.1, 0.15) is 12.5 Å². The predicted octanol–water partition coefficient (Wildman–Crippen LogP) is 1.44. The van der Waals surface area contributed by atoms with Crippen LogP contribution >= 0.6 is 0 Å². The second-order valence-electron chi connectivity index (χ2n) is 3.81. The van der Waals surface area contributed by atoms with Gasteiger partial charge in [0.1, 0.15) is 0 Å². The number of aromatic nitrogens is 2. The molecule has 1 saturated heterocycles. The lowest BCUT2D eigenvalue weighted by atomic mass is 10.0. The van der Waals surface area contributed by atoms with Gasteiger partial charge in [0, 0.05) is 37.6 Å². The molecule has 0 atom stereocenters. The van der Waals surface area contributed by atoms with Crippen LogP contribution in [-0.2, 0) is 6.54 Å². The number of rotatable bonds is 3. The first kappa shape index (κ1) is 8.51. The molecular formula is C10H15N3. The molecule has 2 heterocycles. The summed E-state index contributed by atoms with van der Waals surface area (Å²) in [6.07, 6.45) is 5.64. The van der Waals surface area contributed by atoms with Crippen molar-refractivity contribution in [3.8, 4) is 0 Å². The van der Waals surface area contributed by atoms with Gasteiger partial charge in [0.25, 0.3) is 0 Å².